The Bertz CT molecular complexity index is 1660. The van der Waals surface area contributed by atoms with E-state index < -0.39 is 23.4 Å². The van der Waals surface area contributed by atoms with Crippen molar-refractivity contribution in [3.05, 3.63) is 114 Å². The van der Waals surface area contributed by atoms with Gasteiger partial charge in [0.15, 0.2) is 11.6 Å². The number of amides is 1. The largest absolute Gasteiger partial charge is 0.352 e. The van der Waals surface area contributed by atoms with Crippen LogP contribution in [0, 0.1) is 5.92 Å². The number of Topliss-reactive ketones (excluding diaryl/α,β-unsaturated/α-hetero) is 2. The first kappa shape index (κ1) is 21.7. The molecule has 0 saturated carbocycles. The number of rotatable bonds is 3. The third-order valence-corrected chi connectivity index (χ3v) is 8.30. The van der Waals surface area contributed by atoms with E-state index in [0.29, 0.717) is 11.3 Å². The Labute approximate surface area is 214 Å². The van der Waals surface area contributed by atoms with Crippen LogP contribution in [0.5, 0.6) is 0 Å². The zero-order chi connectivity index (χ0) is 25.3. The lowest BCUT2D eigenvalue weighted by Gasteiger charge is -2.38. The molecule has 0 unspecified atom stereocenters. The molecule has 1 fully saturated rings. The lowest BCUT2D eigenvalue weighted by Crippen LogP contribution is -2.51. The standard InChI is InChI=1S/C32H24N2O3/c1-19(35)29-28(30(36)21-10-3-2-4-11-21)32(24-13-7-8-14-25(24)33-31(32)37)27-18-16-23-22-12-6-5-9-20(22)15-17-26(23)34(27)29/h2-18,27-29H,1H3,(H,33,37)/t27-,28-,29+,32-/m1/s1. The summed E-state index contributed by atoms with van der Waals surface area (Å²) >= 11 is 0. The second-order valence-corrected chi connectivity index (χ2v) is 10.1. The van der Waals surface area contributed by atoms with Gasteiger partial charge in [-0.1, -0.05) is 91.0 Å². The summed E-state index contributed by atoms with van der Waals surface area (Å²) in [5.41, 5.74) is 2.57. The van der Waals surface area contributed by atoms with Gasteiger partial charge >= 0.3 is 0 Å². The average Bonchev–Trinajstić information content (AvgIpc) is 3.41. The van der Waals surface area contributed by atoms with Gasteiger partial charge in [0.05, 0.1) is 18.0 Å². The molecule has 7 rings (SSSR count). The Morgan fingerprint density at radius 1 is 0.865 bits per heavy atom. The second-order valence-electron chi connectivity index (χ2n) is 10.1. The van der Waals surface area contributed by atoms with Gasteiger partial charge < -0.3 is 10.2 Å². The number of ketones is 2. The first-order valence-corrected chi connectivity index (χ1v) is 12.5. The fourth-order valence-corrected chi connectivity index (χ4v) is 6.87. The van der Waals surface area contributed by atoms with Gasteiger partial charge in [-0.05, 0) is 35.4 Å². The van der Waals surface area contributed by atoms with Gasteiger partial charge in [0.1, 0.15) is 5.41 Å². The highest BCUT2D eigenvalue weighted by atomic mass is 16.2. The molecule has 0 radical (unpaired) electrons. The molecule has 4 aromatic rings. The smallest absolute Gasteiger partial charge is 0.238 e. The molecule has 1 amide bonds. The maximum atomic E-state index is 14.4. The quantitative estimate of drug-likeness (QED) is 0.396. The molecule has 0 bridgehead atoms. The number of nitrogens with zero attached hydrogens (tertiary/aromatic N) is 1. The van der Waals surface area contributed by atoms with Gasteiger partial charge in [0.2, 0.25) is 5.91 Å². The fourth-order valence-electron chi connectivity index (χ4n) is 6.87. The summed E-state index contributed by atoms with van der Waals surface area (Å²) in [6.07, 6.45) is 4.08. The molecule has 3 aliphatic rings. The van der Waals surface area contributed by atoms with E-state index in [-0.39, 0.29) is 17.5 Å². The monoisotopic (exact) mass is 484 g/mol. The minimum Gasteiger partial charge on any atom is -0.352 e. The lowest BCUT2D eigenvalue weighted by atomic mass is 9.64. The molecule has 4 aromatic carbocycles. The lowest BCUT2D eigenvalue weighted by molar-refractivity contribution is -0.122. The predicted octanol–water partition coefficient (Wildman–Crippen LogP) is 5.40. The highest BCUT2D eigenvalue weighted by molar-refractivity contribution is 6.17. The van der Waals surface area contributed by atoms with Gasteiger partial charge in [-0.2, -0.15) is 0 Å². The molecule has 5 heteroatoms. The maximum Gasteiger partial charge on any atom is 0.238 e. The number of nitrogens with one attached hydrogen (secondary N) is 1. The van der Waals surface area contributed by atoms with Crippen LogP contribution < -0.4 is 10.2 Å². The summed E-state index contributed by atoms with van der Waals surface area (Å²) in [6.45, 7) is 1.53. The minimum absolute atomic E-state index is 0.136. The highest BCUT2D eigenvalue weighted by Crippen LogP contribution is 2.58. The molecule has 5 nitrogen and oxygen atoms in total. The van der Waals surface area contributed by atoms with Crippen molar-refractivity contribution in [3.8, 4) is 0 Å². The fraction of sp³-hybridized carbons (Fsp3) is 0.156. The summed E-state index contributed by atoms with van der Waals surface area (Å²) in [5.74, 6) is -1.47. The van der Waals surface area contributed by atoms with Crippen LogP contribution in [0.4, 0.5) is 11.4 Å². The number of hydrogen-bond acceptors (Lipinski definition) is 4. The van der Waals surface area contributed by atoms with E-state index in [4.69, 9.17) is 0 Å². The molecular formula is C32H24N2O3. The van der Waals surface area contributed by atoms with Crippen molar-refractivity contribution in [2.45, 2.75) is 24.4 Å². The molecule has 3 aliphatic heterocycles. The van der Waals surface area contributed by atoms with Crippen LogP contribution in [0.25, 0.3) is 16.8 Å². The second kappa shape index (κ2) is 7.74. The Kier molecular flexibility index (Phi) is 4.55. The van der Waals surface area contributed by atoms with Crippen LogP contribution >= 0.6 is 0 Å². The van der Waals surface area contributed by atoms with Crippen LogP contribution in [0.1, 0.15) is 28.4 Å². The number of hydrogen-bond donors (Lipinski definition) is 1. The highest BCUT2D eigenvalue weighted by Gasteiger charge is 2.69. The van der Waals surface area contributed by atoms with Crippen molar-refractivity contribution in [1.29, 1.82) is 0 Å². The number of benzene rings is 4. The zero-order valence-electron chi connectivity index (χ0n) is 20.2. The van der Waals surface area contributed by atoms with Gasteiger partial charge in [-0.25, -0.2) is 0 Å². The van der Waals surface area contributed by atoms with E-state index in [1.165, 1.54) is 6.92 Å². The van der Waals surface area contributed by atoms with E-state index >= 15 is 0 Å². The summed E-state index contributed by atoms with van der Waals surface area (Å²) in [5, 5.41) is 5.22. The van der Waals surface area contributed by atoms with E-state index in [9.17, 15) is 14.4 Å². The Hall–Kier alpha value is -4.51. The molecule has 37 heavy (non-hydrogen) atoms. The molecule has 0 aliphatic carbocycles. The van der Waals surface area contributed by atoms with Gasteiger partial charge in [-0.15, -0.1) is 0 Å². The summed E-state index contributed by atoms with van der Waals surface area (Å²) in [6, 6.07) is 27.5. The molecule has 1 spiro atoms. The number of carbonyl (C=O) groups is 3. The third-order valence-electron chi connectivity index (χ3n) is 8.30. The van der Waals surface area contributed by atoms with Crippen molar-refractivity contribution < 1.29 is 14.4 Å². The van der Waals surface area contributed by atoms with Gasteiger partial charge in [0, 0.05) is 22.5 Å². The summed E-state index contributed by atoms with van der Waals surface area (Å²) in [4.78, 5) is 44.0. The number of anilines is 2. The third kappa shape index (κ3) is 2.77. The molecule has 0 aromatic heterocycles. The first-order chi connectivity index (χ1) is 18.0. The molecule has 1 N–H and O–H groups in total. The van der Waals surface area contributed by atoms with Crippen molar-refractivity contribution in [2.75, 3.05) is 10.2 Å². The minimum atomic E-state index is -1.25. The van der Waals surface area contributed by atoms with Crippen LogP contribution in [-0.2, 0) is 15.0 Å². The van der Waals surface area contributed by atoms with Crippen molar-refractivity contribution in [2.24, 2.45) is 5.92 Å². The van der Waals surface area contributed by atoms with Crippen LogP contribution in [0.3, 0.4) is 0 Å². The predicted molar refractivity (Wildman–Crippen MR) is 145 cm³/mol. The first-order valence-electron chi connectivity index (χ1n) is 12.5. The topological polar surface area (TPSA) is 66.5 Å². The SMILES string of the molecule is CC(=O)[C@H]1[C@H](C(=O)c2ccccc2)[C@]2(C(=O)Nc3ccccc32)[C@H]2C=Cc3c(ccc4ccccc34)N12. The van der Waals surface area contributed by atoms with E-state index in [0.717, 1.165) is 27.6 Å². The van der Waals surface area contributed by atoms with E-state index in [1.807, 2.05) is 77.7 Å². The summed E-state index contributed by atoms with van der Waals surface area (Å²) in [7, 11) is 0. The average molecular weight is 485 g/mol. The normalized spacial score (nSPS) is 25.1. The number of para-hydroxylation sites is 1. The van der Waals surface area contributed by atoms with Gasteiger partial charge in [0.25, 0.3) is 0 Å². The Balaban J connectivity index is 1.54. The Morgan fingerprint density at radius 3 is 2.41 bits per heavy atom. The zero-order valence-corrected chi connectivity index (χ0v) is 20.2. The van der Waals surface area contributed by atoms with Crippen LogP contribution in [0.2, 0.25) is 0 Å². The number of carbonyl (C=O) groups excluding carboxylic acids is 3. The summed E-state index contributed by atoms with van der Waals surface area (Å²) < 4.78 is 0. The molecule has 1 saturated heterocycles. The molecule has 3 heterocycles. The number of fused-ring (bicyclic) bond motifs is 8. The maximum absolute atomic E-state index is 14.4. The molecule has 180 valence electrons. The Morgan fingerprint density at radius 2 is 1.59 bits per heavy atom. The van der Waals surface area contributed by atoms with E-state index in [2.05, 4.69) is 23.5 Å². The van der Waals surface area contributed by atoms with Crippen molar-refractivity contribution in [1.82, 2.24) is 0 Å². The van der Waals surface area contributed by atoms with Gasteiger partial charge in [-0.3, -0.25) is 14.4 Å². The van der Waals surface area contributed by atoms with Crippen molar-refractivity contribution in [3.63, 3.8) is 0 Å². The van der Waals surface area contributed by atoms with Crippen molar-refractivity contribution >= 4 is 45.7 Å². The van der Waals surface area contributed by atoms with Crippen LogP contribution in [0.15, 0.2) is 97.1 Å². The molecule has 4 atom stereocenters. The van der Waals surface area contributed by atoms with Crippen LogP contribution in [-0.4, -0.2) is 29.6 Å². The van der Waals surface area contributed by atoms with E-state index in [1.54, 1.807) is 12.1 Å². The molecular weight excluding hydrogens is 460 g/mol.